The average Bonchev–Trinajstić information content (AvgIpc) is 2.86. The Balaban J connectivity index is 2.01. The molecule has 5 heteroatoms. The van der Waals surface area contributed by atoms with Crippen molar-refractivity contribution in [3.63, 3.8) is 0 Å². The zero-order valence-electron chi connectivity index (χ0n) is 9.67. The Morgan fingerprint density at radius 3 is 2.76 bits per heavy atom. The van der Waals surface area contributed by atoms with E-state index < -0.39 is 0 Å². The smallest absolute Gasteiger partial charge is 0.247 e. The Morgan fingerprint density at radius 2 is 2.06 bits per heavy atom. The van der Waals surface area contributed by atoms with Crippen LogP contribution in [0.15, 0.2) is 34.7 Å². The van der Waals surface area contributed by atoms with E-state index in [1.165, 1.54) is 0 Å². The van der Waals surface area contributed by atoms with E-state index in [1.807, 2.05) is 30.3 Å². The molecule has 2 rings (SSSR count). The molecule has 0 aliphatic heterocycles. The first-order valence-corrected chi connectivity index (χ1v) is 6.54. The number of hydrogen-bond acceptors (Lipinski definition) is 5. The topological polar surface area (TPSA) is 64.9 Å². The predicted molar refractivity (Wildman–Crippen MR) is 69.5 cm³/mol. The molecule has 0 radical (unpaired) electrons. The van der Waals surface area contributed by atoms with Crippen LogP contribution >= 0.6 is 11.8 Å². The Bertz CT molecular complexity index is 458. The quantitative estimate of drug-likeness (QED) is 0.881. The summed E-state index contributed by atoms with van der Waals surface area (Å²) in [6, 6.07) is 9.76. The minimum atomic E-state index is 0.405. The summed E-state index contributed by atoms with van der Waals surface area (Å²) < 4.78 is 5.58. The maximum Gasteiger partial charge on any atom is 0.247 e. The van der Waals surface area contributed by atoms with E-state index in [1.54, 1.807) is 11.8 Å². The van der Waals surface area contributed by atoms with Gasteiger partial charge in [-0.2, -0.15) is 0 Å². The molecule has 4 nitrogen and oxygen atoms in total. The summed E-state index contributed by atoms with van der Waals surface area (Å²) in [4.78, 5) is 0. The van der Waals surface area contributed by atoms with E-state index in [9.17, 15) is 0 Å². The van der Waals surface area contributed by atoms with E-state index in [2.05, 4.69) is 17.1 Å². The first-order chi connectivity index (χ1) is 8.29. The molecular weight excluding hydrogens is 234 g/mol. The normalized spacial score (nSPS) is 12.6. The minimum absolute atomic E-state index is 0.405. The molecular formula is C12H15N3OS. The van der Waals surface area contributed by atoms with Crippen molar-refractivity contribution >= 4 is 11.8 Å². The summed E-state index contributed by atoms with van der Waals surface area (Å²) in [7, 11) is 0. The first-order valence-electron chi connectivity index (χ1n) is 5.49. The molecule has 0 aliphatic rings. The summed E-state index contributed by atoms with van der Waals surface area (Å²) in [6.45, 7) is 2.74. The second-order valence-corrected chi connectivity index (χ2v) is 5.15. The van der Waals surface area contributed by atoms with Gasteiger partial charge in [-0.15, -0.1) is 22.0 Å². The van der Waals surface area contributed by atoms with Crippen molar-refractivity contribution in [3.8, 4) is 11.5 Å². The van der Waals surface area contributed by atoms with Gasteiger partial charge in [-0.3, -0.25) is 0 Å². The van der Waals surface area contributed by atoms with Crippen LogP contribution in [0.2, 0.25) is 0 Å². The fourth-order valence-electron chi connectivity index (χ4n) is 1.29. The van der Waals surface area contributed by atoms with Crippen molar-refractivity contribution in [1.82, 2.24) is 10.2 Å². The van der Waals surface area contributed by atoms with Crippen molar-refractivity contribution in [1.29, 1.82) is 0 Å². The number of thioether (sulfide) groups is 1. The van der Waals surface area contributed by atoms with Crippen LogP contribution in [0.1, 0.15) is 12.8 Å². The Morgan fingerprint density at radius 1 is 1.29 bits per heavy atom. The summed E-state index contributed by atoms with van der Waals surface area (Å²) in [5.74, 6) is 1.92. The third kappa shape index (κ3) is 3.31. The van der Waals surface area contributed by atoms with Crippen molar-refractivity contribution in [2.75, 3.05) is 6.54 Å². The summed E-state index contributed by atoms with van der Waals surface area (Å²) in [6.07, 6.45) is 0. The number of rotatable bonds is 5. The van der Waals surface area contributed by atoms with E-state index in [0.717, 1.165) is 5.56 Å². The first kappa shape index (κ1) is 12.1. The highest BCUT2D eigenvalue weighted by Crippen LogP contribution is 2.20. The van der Waals surface area contributed by atoms with Gasteiger partial charge in [0, 0.05) is 17.4 Å². The predicted octanol–water partition coefficient (Wildman–Crippen LogP) is 2.32. The van der Waals surface area contributed by atoms with Crippen LogP contribution in [-0.2, 0) is 5.75 Å². The van der Waals surface area contributed by atoms with E-state index >= 15 is 0 Å². The molecule has 0 spiro atoms. The van der Waals surface area contributed by atoms with E-state index in [-0.39, 0.29) is 0 Å². The van der Waals surface area contributed by atoms with Gasteiger partial charge in [0.05, 0.1) is 5.75 Å². The number of benzene rings is 1. The maximum absolute atomic E-state index is 5.58. The summed E-state index contributed by atoms with van der Waals surface area (Å²) in [5, 5.41) is 8.45. The lowest BCUT2D eigenvalue weighted by molar-refractivity contribution is 0.528. The Hall–Kier alpha value is -1.33. The average molecular weight is 249 g/mol. The van der Waals surface area contributed by atoms with Gasteiger partial charge in [0.2, 0.25) is 11.8 Å². The van der Waals surface area contributed by atoms with Gasteiger partial charge in [-0.25, -0.2) is 0 Å². The van der Waals surface area contributed by atoms with Gasteiger partial charge in [-0.05, 0) is 12.1 Å². The number of hydrogen-bond donors (Lipinski definition) is 1. The Labute approximate surface area is 105 Å². The molecule has 0 aliphatic carbocycles. The van der Waals surface area contributed by atoms with E-state index in [0.29, 0.717) is 29.3 Å². The minimum Gasteiger partial charge on any atom is -0.420 e. The van der Waals surface area contributed by atoms with Gasteiger partial charge in [-0.1, -0.05) is 25.1 Å². The highest BCUT2D eigenvalue weighted by Gasteiger charge is 2.09. The van der Waals surface area contributed by atoms with Crippen LogP contribution in [-0.4, -0.2) is 22.0 Å². The van der Waals surface area contributed by atoms with Crippen LogP contribution in [0.3, 0.4) is 0 Å². The molecule has 1 heterocycles. The van der Waals surface area contributed by atoms with Gasteiger partial charge in [0.15, 0.2) is 0 Å². The molecule has 0 saturated heterocycles. The molecule has 2 N–H and O–H groups in total. The molecule has 0 fully saturated rings. The van der Waals surface area contributed by atoms with Crippen LogP contribution in [0.4, 0.5) is 0 Å². The largest absolute Gasteiger partial charge is 0.420 e. The molecule has 1 aromatic heterocycles. The highest BCUT2D eigenvalue weighted by atomic mass is 32.2. The fourth-order valence-corrected chi connectivity index (χ4v) is 1.97. The SMILES string of the molecule is CC(CN)SCc1nnc(-c2ccccc2)o1. The van der Waals surface area contributed by atoms with Crippen molar-refractivity contribution < 1.29 is 4.42 Å². The van der Waals surface area contributed by atoms with Crippen LogP contribution in [0.25, 0.3) is 11.5 Å². The molecule has 0 saturated carbocycles. The Kier molecular flexibility index (Phi) is 4.17. The molecule has 17 heavy (non-hydrogen) atoms. The number of aromatic nitrogens is 2. The number of nitrogens with two attached hydrogens (primary N) is 1. The third-order valence-corrected chi connectivity index (χ3v) is 3.49. The molecule has 0 bridgehead atoms. The van der Waals surface area contributed by atoms with Crippen LogP contribution in [0, 0.1) is 0 Å². The monoisotopic (exact) mass is 249 g/mol. The zero-order chi connectivity index (χ0) is 12.1. The third-order valence-electron chi connectivity index (χ3n) is 2.31. The second-order valence-electron chi connectivity index (χ2n) is 3.72. The van der Waals surface area contributed by atoms with Crippen molar-refractivity contribution in [2.45, 2.75) is 17.9 Å². The fraction of sp³-hybridized carbons (Fsp3) is 0.333. The summed E-state index contributed by atoms with van der Waals surface area (Å²) >= 11 is 1.72. The maximum atomic E-state index is 5.58. The van der Waals surface area contributed by atoms with Crippen LogP contribution in [0.5, 0.6) is 0 Å². The van der Waals surface area contributed by atoms with Gasteiger partial charge in [0.1, 0.15) is 0 Å². The number of nitrogens with zero attached hydrogens (tertiary/aromatic N) is 2. The lowest BCUT2D eigenvalue weighted by atomic mass is 10.2. The lowest BCUT2D eigenvalue weighted by Gasteiger charge is -2.04. The molecule has 90 valence electrons. The highest BCUT2D eigenvalue weighted by molar-refractivity contribution is 7.99. The summed E-state index contributed by atoms with van der Waals surface area (Å²) in [5.41, 5.74) is 6.49. The van der Waals surface area contributed by atoms with Crippen LogP contribution < -0.4 is 5.73 Å². The second kappa shape index (κ2) is 5.84. The lowest BCUT2D eigenvalue weighted by Crippen LogP contribution is -2.12. The molecule has 1 unspecified atom stereocenters. The molecule has 1 aromatic carbocycles. The van der Waals surface area contributed by atoms with E-state index in [4.69, 9.17) is 10.2 Å². The van der Waals surface area contributed by atoms with Gasteiger partial charge >= 0.3 is 0 Å². The molecule has 2 aromatic rings. The van der Waals surface area contributed by atoms with Crippen molar-refractivity contribution in [2.24, 2.45) is 5.73 Å². The standard InChI is InChI=1S/C12H15N3OS/c1-9(7-13)17-8-11-14-15-12(16-11)10-5-3-2-4-6-10/h2-6,9H,7-8,13H2,1H3. The van der Waals surface area contributed by atoms with Gasteiger partial charge < -0.3 is 10.2 Å². The molecule has 0 amide bonds. The van der Waals surface area contributed by atoms with Crippen molar-refractivity contribution in [3.05, 3.63) is 36.2 Å². The zero-order valence-corrected chi connectivity index (χ0v) is 10.5. The van der Waals surface area contributed by atoms with Gasteiger partial charge in [0.25, 0.3) is 0 Å². The molecule has 1 atom stereocenters.